The number of anilines is 3. The van der Waals surface area contributed by atoms with E-state index < -0.39 is 0 Å². The standard InChI is InChI=1S/C23H22N6O3/c1-30-17-5-2-4-15(12-17)14-25-21-18(6-3-9-24-21)22-27-23(29-28-22)26-16-7-8-19-20(13-16)32-11-10-31-19/h2-9,12-13H,10-11,14H2,1H3,(H,24,25)(H2,26,27,28,29). The minimum absolute atomic E-state index is 0.513. The molecule has 0 radical (unpaired) electrons. The van der Waals surface area contributed by atoms with Crippen LogP contribution in [0.5, 0.6) is 17.2 Å². The number of aromatic amines is 1. The van der Waals surface area contributed by atoms with Gasteiger partial charge in [0.15, 0.2) is 17.3 Å². The zero-order chi connectivity index (χ0) is 21.8. The topological polar surface area (TPSA) is 106 Å². The number of aromatic nitrogens is 4. The highest BCUT2D eigenvalue weighted by Crippen LogP contribution is 2.33. The van der Waals surface area contributed by atoms with Crippen molar-refractivity contribution >= 4 is 17.5 Å². The normalized spacial score (nSPS) is 12.3. The monoisotopic (exact) mass is 430 g/mol. The van der Waals surface area contributed by atoms with Crippen molar-refractivity contribution in [2.75, 3.05) is 31.0 Å². The summed E-state index contributed by atoms with van der Waals surface area (Å²) in [5.41, 5.74) is 2.72. The van der Waals surface area contributed by atoms with Crippen LogP contribution in [0.2, 0.25) is 0 Å². The van der Waals surface area contributed by atoms with Crippen molar-refractivity contribution < 1.29 is 14.2 Å². The van der Waals surface area contributed by atoms with Gasteiger partial charge in [-0.1, -0.05) is 12.1 Å². The average Bonchev–Trinajstić information content (AvgIpc) is 3.31. The van der Waals surface area contributed by atoms with E-state index >= 15 is 0 Å². The van der Waals surface area contributed by atoms with Crippen LogP contribution in [-0.2, 0) is 6.54 Å². The van der Waals surface area contributed by atoms with Crippen LogP contribution < -0.4 is 24.8 Å². The molecule has 2 aromatic carbocycles. The van der Waals surface area contributed by atoms with Crippen molar-refractivity contribution in [3.63, 3.8) is 0 Å². The van der Waals surface area contributed by atoms with Crippen molar-refractivity contribution in [1.29, 1.82) is 0 Å². The second-order valence-electron chi connectivity index (χ2n) is 7.11. The molecule has 0 unspecified atom stereocenters. The summed E-state index contributed by atoms with van der Waals surface area (Å²) in [6.07, 6.45) is 1.74. The molecule has 0 saturated carbocycles. The lowest BCUT2D eigenvalue weighted by atomic mass is 10.2. The SMILES string of the molecule is COc1cccc(CNc2ncccc2-c2nnc(Nc3ccc4c(c3)OCCO4)[nH]2)c1. The summed E-state index contributed by atoms with van der Waals surface area (Å²) >= 11 is 0. The fraction of sp³-hybridized carbons (Fsp3) is 0.174. The van der Waals surface area contributed by atoms with Crippen LogP contribution in [0.3, 0.4) is 0 Å². The molecule has 0 aliphatic carbocycles. The van der Waals surface area contributed by atoms with Gasteiger partial charge in [-0.05, 0) is 42.0 Å². The molecule has 162 valence electrons. The lowest BCUT2D eigenvalue weighted by molar-refractivity contribution is 0.171. The summed E-state index contributed by atoms with van der Waals surface area (Å²) in [6, 6.07) is 17.3. The molecule has 3 N–H and O–H groups in total. The molecule has 4 aromatic rings. The fourth-order valence-electron chi connectivity index (χ4n) is 3.40. The number of fused-ring (bicyclic) bond motifs is 1. The molecule has 0 spiro atoms. The third-order valence-corrected chi connectivity index (χ3v) is 4.95. The van der Waals surface area contributed by atoms with Crippen molar-refractivity contribution in [2.45, 2.75) is 6.54 Å². The number of pyridine rings is 1. The molecule has 1 aliphatic heterocycles. The summed E-state index contributed by atoms with van der Waals surface area (Å²) in [7, 11) is 1.66. The van der Waals surface area contributed by atoms with Gasteiger partial charge >= 0.3 is 0 Å². The van der Waals surface area contributed by atoms with Crippen LogP contribution in [0.1, 0.15) is 5.56 Å². The van der Waals surface area contributed by atoms with Gasteiger partial charge < -0.3 is 29.8 Å². The highest BCUT2D eigenvalue weighted by Gasteiger charge is 2.14. The lowest BCUT2D eigenvalue weighted by Crippen LogP contribution is -2.15. The summed E-state index contributed by atoms with van der Waals surface area (Å²) in [4.78, 5) is 7.68. The Balaban J connectivity index is 1.32. The summed E-state index contributed by atoms with van der Waals surface area (Å²) in [5.74, 6) is 4.08. The first kappa shape index (κ1) is 19.7. The van der Waals surface area contributed by atoms with Crippen molar-refractivity contribution in [3.05, 3.63) is 66.4 Å². The van der Waals surface area contributed by atoms with Crippen LogP contribution in [0.4, 0.5) is 17.5 Å². The van der Waals surface area contributed by atoms with Crippen LogP contribution in [0.15, 0.2) is 60.8 Å². The molecular weight excluding hydrogens is 408 g/mol. The summed E-state index contributed by atoms with van der Waals surface area (Å²) in [6.45, 7) is 1.69. The Hall–Kier alpha value is -4.27. The number of methoxy groups -OCH3 is 1. The van der Waals surface area contributed by atoms with E-state index in [2.05, 4.69) is 30.8 Å². The van der Waals surface area contributed by atoms with Crippen LogP contribution in [-0.4, -0.2) is 40.5 Å². The lowest BCUT2D eigenvalue weighted by Gasteiger charge is -2.18. The van der Waals surface area contributed by atoms with Gasteiger partial charge in [0, 0.05) is 24.5 Å². The maximum Gasteiger partial charge on any atom is 0.226 e. The second kappa shape index (κ2) is 8.84. The molecule has 1 aliphatic rings. The average molecular weight is 430 g/mol. The minimum Gasteiger partial charge on any atom is -0.497 e. The number of hydrogen-bond acceptors (Lipinski definition) is 8. The first-order valence-electron chi connectivity index (χ1n) is 10.2. The first-order valence-corrected chi connectivity index (χ1v) is 10.2. The smallest absolute Gasteiger partial charge is 0.226 e. The molecule has 5 rings (SSSR count). The first-order chi connectivity index (χ1) is 15.8. The molecule has 3 heterocycles. The summed E-state index contributed by atoms with van der Waals surface area (Å²) < 4.78 is 16.5. The van der Waals surface area contributed by atoms with Crippen LogP contribution in [0, 0.1) is 0 Å². The van der Waals surface area contributed by atoms with E-state index in [0.717, 1.165) is 28.3 Å². The predicted octanol–water partition coefficient (Wildman–Crippen LogP) is 4.00. The van der Waals surface area contributed by atoms with Crippen molar-refractivity contribution in [1.82, 2.24) is 20.2 Å². The molecule has 0 saturated heterocycles. The van der Waals surface area contributed by atoms with Gasteiger partial charge in [-0.2, -0.15) is 0 Å². The van der Waals surface area contributed by atoms with E-state index in [1.165, 1.54) is 0 Å². The number of H-pyrrole nitrogens is 1. The van der Waals surface area contributed by atoms with Crippen molar-refractivity contribution in [3.8, 4) is 28.6 Å². The quantitative estimate of drug-likeness (QED) is 0.404. The van der Waals surface area contributed by atoms with E-state index in [0.29, 0.717) is 43.1 Å². The van der Waals surface area contributed by atoms with E-state index in [1.807, 2.05) is 54.6 Å². The maximum atomic E-state index is 5.63. The third-order valence-electron chi connectivity index (χ3n) is 4.95. The summed E-state index contributed by atoms with van der Waals surface area (Å²) in [5, 5.41) is 15.1. The highest BCUT2D eigenvalue weighted by atomic mass is 16.6. The van der Waals surface area contributed by atoms with E-state index in [-0.39, 0.29) is 0 Å². The second-order valence-corrected chi connectivity index (χ2v) is 7.11. The maximum absolute atomic E-state index is 5.63. The van der Waals surface area contributed by atoms with Gasteiger partial charge in [0.1, 0.15) is 24.8 Å². The molecule has 0 fully saturated rings. The van der Waals surface area contributed by atoms with Gasteiger partial charge in [0.25, 0.3) is 0 Å². The van der Waals surface area contributed by atoms with Gasteiger partial charge in [-0.25, -0.2) is 4.98 Å². The largest absolute Gasteiger partial charge is 0.497 e. The van der Waals surface area contributed by atoms with Gasteiger partial charge in [-0.3, -0.25) is 0 Å². The minimum atomic E-state index is 0.513. The van der Waals surface area contributed by atoms with Gasteiger partial charge in [-0.15, -0.1) is 10.2 Å². The van der Waals surface area contributed by atoms with Gasteiger partial charge in [0.2, 0.25) is 5.95 Å². The Kier molecular flexibility index (Phi) is 5.44. The van der Waals surface area contributed by atoms with Crippen LogP contribution in [0.25, 0.3) is 11.4 Å². The number of ether oxygens (including phenoxy) is 3. The fourth-order valence-corrected chi connectivity index (χ4v) is 3.40. The van der Waals surface area contributed by atoms with Gasteiger partial charge in [0.05, 0.1) is 12.7 Å². The zero-order valence-corrected chi connectivity index (χ0v) is 17.5. The molecule has 9 nitrogen and oxygen atoms in total. The molecule has 9 heteroatoms. The number of nitrogens with zero attached hydrogens (tertiary/aromatic N) is 3. The zero-order valence-electron chi connectivity index (χ0n) is 17.5. The van der Waals surface area contributed by atoms with Crippen LogP contribution >= 0.6 is 0 Å². The molecule has 32 heavy (non-hydrogen) atoms. The molecule has 2 aromatic heterocycles. The number of hydrogen-bond donors (Lipinski definition) is 3. The van der Waals surface area contributed by atoms with E-state index in [9.17, 15) is 0 Å². The number of rotatable bonds is 7. The molecular formula is C23H22N6O3. The molecule has 0 atom stereocenters. The number of nitrogens with one attached hydrogen (secondary N) is 3. The van der Waals surface area contributed by atoms with E-state index in [4.69, 9.17) is 14.2 Å². The Labute approximate surface area is 184 Å². The number of benzene rings is 2. The van der Waals surface area contributed by atoms with E-state index in [1.54, 1.807) is 13.3 Å². The molecule has 0 amide bonds. The highest BCUT2D eigenvalue weighted by molar-refractivity contribution is 5.71. The third kappa shape index (κ3) is 4.27. The Morgan fingerprint density at radius 1 is 1.00 bits per heavy atom. The molecule has 0 bridgehead atoms. The van der Waals surface area contributed by atoms with Crippen molar-refractivity contribution in [2.24, 2.45) is 0 Å². The Bertz CT molecular complexity index is 1230. The predicted molar refractivity (Wildman–Crippen MR) is 121 cm³/mol. The Morgan fingerprint density at radius 3 is 2.81 bits per heavy atom. The Morgan fingerprint density at radius 2 is 1.91 bits per heavy atom.